The fourth-order valence-electron chi connectivity index (χ4n) is 3.92. The number of hydrogen-bond donors (Lipinski definition) is 0. The van der Waals surface area contributed by atoms with Gasteiger partial charge < -0.3 is 9.80 Å². The van der Waals surface area contributed by atoms with Gasteiger partial charge in [-0.25, -0.2) is 9.67 Å². The van der Waals surface area contributed by atoms with E-state index in [9.17, 15) is 4.79 Å². The lowest BCUT2D eigenvalue weighted by Gasteiger charge is -2.34. The first-order valence-corrected chi connectivity index (χ1v) is 11.0. The van der Waals surface area contributed by atoms with E-state index in [1.54, 1.807) is 0 Å². The van der Waals surface area contributed by atoms with Crippen LogP contribution in [0.4, 0.5) is 5.95 Å². The monoisotopic (exact) mass is 439 g/mol. The number of piperazine rings is 1. The van der Waals surface area contributed by atoms with E-state index in [0.717, 1.165) is 28.3 Å². The lowest BCUT2D eigenvalue weighted by molar-refractivity contribution is 0.0739. The van der Waals surface area contributed by atoms with Crippen molar-refractivity contribution in [3.63, 3.8) is 0 Å². The quantitative estimate of drug-likeness (QED) is 0.485. The molecule has 8 nitrogen and oxygen atoms in total. The van der Waals surface area contributed by atoms with E-state index in [1.807, 2.05) is 90.2 Å². The Morgan fingerprint density at radius 3 is 2.15 bits per heavy atom. The summed E-state index contributed by atoms with van der Waals surface area (Å²) in [5.74, 6) is 0.547. The van der Waals surface area contributed by atoms with Crippen molar-refractivity contribution in [1.29, 1.82) is 0 Å². The molecule has 1 aliphatic heterocycles. The van der Waals surface area contributed by atoms with E-state index in [4.69, 9.17) is 5.10 Å². The molecule has 1 saturated heterocycles. The third kappa shape index (κ3) is 4.19. The number of hydrogen-bond acceptors (Lipinski definition) is 6. The molecule has 1 fully saturated rings. The molecule has 0 bridgehead atoms. The van der Waals surface area contributed by atoms with E-state index in [0.29, 0.717) is 37.8 Å². The zero-order valence-corrected chi connectivity index (χ0v) is 18.7. The van der Waals surface area contributed by atoms with Crippen molar-refractivity contribution in [2.45, 2.75) is 13.8 Å². The van der Waals surface area contributed by atoms with Crippen molar-refractivity contribution < 1.29 is 4.79 Å². The first-order valence-electron chi connectivity index (χ1n) is 11.0. The number of aromatic nitrogens is 5. The largest absolute Gasteiger partial charge is 0.336 e. The van der Waals surface area contributed by atoms with Crippen molar-refractivity contribution in [3.05, 3.63) is 83.8 Å². The Morgan fingerprint density at radius 2 is 1.48 bits per heavy atom. The van der Waals surface area contributed by atoms with Gasteiger partial charge in [-0.15, -0.1) is 5.10 Å². The molecular weight excluding hydrogens is 414 g/mol. The van der Waals surface area contributed by atoms with E-state index < -0.39 is 0 Å². The molecule has 0 saturated carbocycles. The Morgan fingerprint density at radius 1 is 0.818 bits per heavy atom. The van der Waals surface area contributed by atoms with Crippen molar-refractivity contribution in [2.24, 2.45) is 0 Å². The second kappa shape index (κ2) is 8.82. The van der Waals surface area contributed by atoms with Crippen LogP contribution in [0.1, 0.15) is 21.9 Å². The van der Waals surface area contributed by atoms with Crippen LogP contribution in [0.15, 0.2) is 66.7 Å². The van der Waals surface area contributed by atoms with E-state index >= 15 is 0 Å². The smallest absolute Gasteiger partial charge is 0.274 e. The molecule has 0 unspecified atom stereocenters. The molecule has 1 aliphatic rings. The number of carbonyl (C=O) groups excluding carboxylic acids is 1. The van der Waals surface area contributed by atoms with Gasteiger partial charge in [0, 0.05) is 31.7 Å². The zero-order chi connectivity index (χ0) is 22.8. The molecule has 166 valence electrons. The Bertz CT molecular complexity index is 1210. The SMILES string of the molecule is Cc1nnc(N2CCN(C(=O)c3cc(-c4ccccc4)n(-c4ccccc4)n3)CC2)nc1C. The van der Waals surface area contributed by atoms with Gasteiger partial charge in [-0.1, -0.05) is 48.5 Å². The van der Waals surface area contributed by atoms with Gasteiger partial charge in [0.25, 0.3) is 5.91 Å². The highest BCUT2D eigenvalue weighted by atomic mass is 16.2. The summed E-state index contributed by atoms with van der Waals surface area (Å²) in [4.78, 5) is 21.8. The molecule has 4 aromatic rings. The van der Waals surface area contributed by atoms with Gasteiger partial charge in [-0.05, 0) is 32.0 Å². The van der Waals surface area contributed by atoms with Crippen LogP contribution < -0.4 is 4.90 Å². The third-order valence-corrected chi connectivity index (χ3v) is 5.93. The molecule has 0 radical (unpaired) electrons. The zero-order valence-electron chi connectivity index (χ0n) is 18.7. The summed E-state index contributed by atoms with van der Waals surface area (Å²) in [5, 5.41) is 13.1. The number of carbonyl (C=O) groups is 1. The molecule has 33 heavy (non-hydrogen) atoms. The fourth-order valence-corrected chi connectivity index (χ4v) is 3.92. The summed E-state index contributed by atoms with van der Waals surface area (Å²) < 4.78 is 1.84. The summed E-state index contributed by atoms with van der Waals surface area (Å²) >= 11 is 0. The number of aryl methyl sites for hydroxylation is 2. The van der Waals surface area contributed by atoms with E-state index in [2.05, 4.69) is 20.1 Å². The fraction of sp³-hybridized carbons (Fsp3) is 0.240. The average molecular weight is 440 g/mol. The lowest BCUT2D eigenvalue weighted by Crippen LogP contribution is -2.49. The molecule has 0 aliphatic carbocycles. The van der Waals surface area contributed by atoms with Crippen molar-refractivity contribution in [2.75, 3.05) is 31.1 Å². The van der Waals surface area contributed by atoms with Gasteiger partial charge in [-0.3, -0.25) is 4.79 Å². The van der Waals surface area contributed by atoms with E-state index in [1.165, 1.54) is 0 Å². The minimum Gasteiger partial charge on any atom is -0.336 e. The number of anilines is 1. The molecule has 3 heterocycles. The normalized spacial score (nSPS) is 13.9. The van der Waals surface area contributed by atoms with Crippen LogP contribution in [0.2, 0.25) is 0 Å². The van der Waals surface area contributed by atoms with Crippen molar-refractivity contribution >= 4 is 11.9 Å². The molecule has 2 aromatic carbocycles. The molecule has 1 amide bonds. The van der Waals surface area contributed by atoms with Crippen molar-refractivity contribution in [3.8, 4) is 16.9 Å². The van der Waals surface area contributed by atoms with Crippen LogP contribution in [0.25, 0.3) is 16.9 Å². The summed E-state index contributed by atoms with van der Waals surface area (Å²) in [6.07, 6.45) is 0. The standard InChI is InChI=1S/C25H25N7O/c1-18-19(2)27-28-25(26-18)31-15-13-30(14-16-31)24(33)22-17-23(20-9-5-3-6-10-20)32(29-22)21-11-7-4-8-12-21/h3-12,17H,13-16H2,1-2H3. The Hall–Kier alpha value is -4.07. The first-order chi connectivity index (χ1) is 16.1. The van der Waals surface area contributed by atoms with Crippen LogP contribution in [-0.4, -0.2) is 61.9 Å². The van der Waals surface area contributed by atoms with Gasteiger partial charge >= 0.3 is 0 Å². The first kappa shape index (κ1) is 20.8. The molecule has 0 spiro atoms. The number of amides is 1. The minimum absolute atomic E-state index is 0.0688. The number of benzene rings is 2. The number of rotatable bonds is 4. The summed E-state index contributed by atoms with van der Waals surface area (Å²) in [7, 11) is 0. The summed E-state index contributed by atoms with van der Waals surface area (Å²) in [6.45, 7) is 6.29. The van der Waals surface area contributed by atoms with Crippen LogP contribution in [0.5, 0.6) is 0 Å². The molecule has 8 heteroatoms. The van der Waals surface area contributed by atoms with Gasteiger partial charge in [0.15, 0.2) is 5.69 Å². The predicted molar refractivity (Wildman–Crippen MR) is 126 cm³/mol. The molecule has 0 N–H and O–H groups in total. The van der Waals surface area contributed by atoms with Crippen LogP contribution in [-0.2, 0) is 0 Å². The highest BCUT2D eigenvalue weighted by Gasteiger charge is 2.26. The topological polar surface area (TPSA) is 80.0 Å². The van der Waals surface area contributed by atoms with E-state index in [-0.39, 0.29) is 5.91 Å². The molecule has 0 atom stereocenters. The summed E-state index contributed by atoms with van der Waals surface area (Å²) in [6, 6.07) is 21.8. The van der Waals surface area contributed by atoms with Gasteiger partial charge in [0.2, 0.25) is 5.95 Å². The molecular formula is C25H25N7O. The summed E-state index contributed by atoms with van der Waals surface area (Å²) in [5.41, 5.74) is 4.96. The Balaban J connectivity index is 1.38. The Kier molecular flexibility index (Phi) is 5.56. The second-order valence-corrected chi connectivity index (χ2v) is 8.09. The predicted octanol–water partition coefficient (Wildman–Crippen LogP) is 3.30. The maximum Gasteiger partial charge on any atom is 0.274 e. The van der Waals surface area contributed by atoms with Gasteiger partial charge in [0.1, 0.15) is 0 Å². The van der Waals surface area contributed by atoms with Crippen LogP contribution >= 0.6 is 0 Å². The van der Waals surface area contributed by atoms with Gasteiger partial charge in [-0.2, -0.15) is 10.2 Å². The van der Waals surface area contributed by atoms with Crippen LogP contribution in [0, 0.1) is 13.8 Å². The Labute approximate surface area is 192 Å². The molecule has 5 rings (SSSR count). The molecule has 2 aromatic heterocycles. The maximum atomic E-state index is 13.4. The third-order valence-electron chi connectivity index (χ3n) is 5.93. The van der Waals surface area contributed by atoms with Crippen molar-refractivity contribution in [1.82, 2.24) is 29.9 Å². The second-order valence-electron chi connectivity index (χ2n) is 8.09. The maximum absolute atomic E-state index is 13.4. The van der Waals surface area contributed by atoms with Crippen LogP contribution in [0.3, 0.4) is 0 Å². The number of para-hydroxylation sites is 1. The number of nitrogens with zero attached hydrogens (tertiary/aromatic N) is 7. The van der Waals surface area contributed by atoms with Gasteiger partial charge in [0.05, 0.1) is 22.8 Å². The lowest BCUT2D eigenvalue weighted by atomic mass is 10.1. The highest BCUT2D eigenvalue weighted by Crippen LogP contribution is 2.25. The minimum atomic E-state index is -0.0688. The average Bonchev–Trinajstić information content (AvgIpc) is 3.32. The highest BCUT2D eigenvalue weighted by molar-refractivity contribution is 5.94.